The Morgan fingerprint density at radius 2 is 1.67 bits per heavy atom. The molecule has 0 spiro atoms. The molecule has 0 aliphatic heterocycles. The van der Waals surface area contributed by atoms with E-state index in [1.165, 1.54) is 4.31 Å². The van der Waals surface area contributed by atoms with E-state index in [0.29, 0.717) is 38.5 Å². The molecule has 1 N–H and O–H groups in total. The van der Waals surface area contributed by atoms with Crippen LogP contribution in [0.15, 0.2) is 29.2 Å². The maximum Gasteiger partial charge on any atom is 0.245 e. The van der Waals surface area contributed by atoms with Gasteiger partial charge < -0.3 is 14.8 Å². The van der Waals surface area contributed by atoms with E-state index in [1.54, 1.807) is 32.4 Å². The second-order valence-electron chi connectivity index (χ2n) is 4.42. The number of anilines is 1. The van der Waals surface area contributed by atoms with Crippen LogP contribution >= 0.6 is 0 Å². The van der Waals surface area contributed by atoms with Gasteiger partial charge in [0.15, 0.2) is 0 Å². The summed E-state index contributed by atoms with van der Waals surface area (Å²) in [5.74, 6) is 0. The van der Waals surface area contributed by atoms with Gasteiger partial charge >= 0.3 is 0 Å². The van der Waals surface area contributed by atoms with Crippen LogP contribution in [0.3, 0.4) is 0 Å². The number of methoxy groups -OCH3 is 2. The van der Waals surface area contributed by atoms with Gasteiger partial charge in [-0.05, 0) is 19.1 Å². The molecule has 0 saturated heterocycles. The van der Waals surface area contributed by atoms with Crippen LogP contribution in [-0.2, 0) is 19.5 Å². The molecule has 6 nitrogen and oxygen atoms in total. The van der Waals surface area contributed by atoms with Crippen molar-refractivity contribution in [2.24, 2.45) is 0 Å². The van der Waals surface area contributed by atoms with Crippen molar-refractivity contribution in [3.63, 3.8) is 0 Å². The summed E-state index contributed by atoms with van der Waals surface area (Å²) in [7, 11) is -0.489. The van der Waals surface area contributed by atoms with Crippen LogP contribution in [0.5, 0.6) is 0 Å². The average molecular weight is 316 g/mol. The summed E-state index contributed by atoms with van der Waals surface area (Å²) < 4.78 is 37.0. The third kappa shape index (κ3) is 4.96. The Morgan fingerprint density at radius 1 is 1.10 bits per heavy atom. The molecular formula is C14H24N2O4S. The van der Waals surface area contributed by atoms with E-state index < -0.39 is 10.0 Å². The lowest BCUT2D eigenvalue weighted by Crippen LogP contribution is -2.36. The molecule has 0 atom stereocenters. The van der Waals surface area contributed by atoms with Crippen molar-refractivity contribution < 1.29 is 17.9 Å². The van der Waals surface area contributed by atoms with E-state index in [1.807, 2.05) is 13.0 Å². The number of para-hydroxylation sites is 1. The van der Waals surface area contributed by atoms with Crippen molar-refractivity contribution in [1.82, 2.24) is 4.31 Å². The van der Waals surface area contributed by atoms with Gasteiger partial charge in [-0.3, -0.25) is 0 Å². The molecule has 7 heteroatoms. The largest absolute Gasteiger partial charge is 0.384 e. The highest BCUT2D eigenvalue weighted by Gasteiger charge is 2.26. The summed E-state index contributed by atoms with van der Waals surface area (Å²) in [6, 6.07) is 6.91. The van der Waals surface area contributed by atoms with Gasteiger partial charge in [0.2, 0.25) is 10.0 Å². The van der Waals surface area contributed by atoms with Gasteiger partial charge in [-0.25, -0.2) is 8.42 Å². The Morgan fingerprint density at radius 3 is 2.19 bits per heavy atom. The minimum atomic E-state index is -3.59. The summed E-state index contributed by atoms with van der Waals surface area (Å²) in [5, 5.41) is 3.08. The summed E-state index contributed by atoms with van der Waals surface area (Å²) in [6.07, 6.45) is 0. The van der Waals surface area contributed by atoms with Crippen molar-refractivity contribution in [2.45, 2.75) is 11.8 Å². The van der Waals surface area contributed by atoms with Crippen molar-refractivity contribution in [1.29, 1.82) is 0 Å². The number of ether oxygens (including phenoxy) is 2. The summed E-state index contributed by atoms with van der Waals surface area (Å²) >= 11 is 0. The van der Waals surface area contributed by atoms with Gasteiger partial charge in [0.05, 0.1) is 18.9 Å². The third-order valence-electron chi connectivity index (χ3n) is 2.96. The highest BCUT2D eigenvalue weighted by atomic mass is 32.2. The second-order valence-corrected chi connectivity index (χ2v) is 6.32. The molecule has 0 heterocycles. The quantitative estimate of drug-likeness (QED) is 0.707. The molecule has 0 aliphatic rings. The summed E-state index contributed by atoms with van der Waals surface area (Å²) in [6.45, 7) is 3.85. The monoisotopic (exact) mass is 316 g/mol. The standard InChI is InChI=1S/C14H24N2O4S/c1-4-15-13-7-5-6-8-14(13)21(17,18)16(9-11-19-2)10-12-20-3/h5-8,15H,4,9-12H2,1-3H3. The van der Waals surface area contributed by atoms with E-state index >= 15 is 0 Å². The van der Waals surface area contributed by atoms with Crippen molar-refractivity contribution in [3.05, 3.63) is 24.3 Å². The van der Waals surface area contributed by atoms with Crippen molar-refractivity contribution >= 4 is 15.7 Å². The van der Waals surface area contributed by atoms with Crippen molar-refractivity contribution in [3.8, 4) is 0 Å². The highest BCUT2D eigenvalue weighted by molar-refractivity contribution is 7.89. The molecule has 0 aromatic heterocycles. The van der Waals surface area contributed by atoms with Gasteiger partial charge in [0.25, 0.3) is 0 Å². The number of hydrogen-bond acceptors (Lipinski definition) is 5. The van der Waals surface area contributed by atoms with Gasteiger partial charge in [-0.1, -0.05) is 12.1 Å². The smallest absolute Gasteiger partial charge is 0.245 e. The zero-order valence-corrected chi connectivity index (χ0v) is 13.6. The number of hydrogen-bond donors (Lipinski definition) is 1. The lowest BCUT2D eigenvalue weighted by molar-refractivity contribution is 0.150. The van der Waals surface area contributed by atoms with Crippen LogP contribution in [0.1, 0.15) is 6.92 Å². The predicted octanol–water partition coefficient (Wildman–Crippen LogP) is 1.40. The molecule has 1 aromatic rings. The first-order valence-electron chi connectivity index (χ1n) is 6.88. The maximum atomic E-state index is 12.8. The van der Waals surface area contributed by atoms with Crippen LogP contribution in [0.25, 0.3) is 0 Å². The fourth-order valence-corrected chi connectivity index (χ4v) is 3.48. The second kappa shape index (κ2) is 8.99. The molecule has 0 amide bonds. The number of rotatable bonds is 10. The Kier molecular flexibility index (Phi) is 7.66. The molecule has 120 valence electrons. The Bertz CT molecular complexity index is 511. The molecule has 0 unspecified atom stereocenters. The Balaban J connectivity index is 3.09. The molecule has 21 heavy (non-hydrogen) atoms. The number of sulfonamides is 1. The van der Waals surface area contributed by atoms with E-state index in [9.17, 15) is 8.42 Å². The van der Waals surface area contributed by atoms with Gasteiger partial charge in [-0.15, -0.1) is 0 Å². The SMILES string of the molecule is CCNc1ccccc1S(=O)(=O)N(CCOC)CCOC. The summed E-state index contributed by atoms with van der Waals surface area (Å²) in [5.41, 5.74) is 0.611. The van der Waals surface area contributed by atoms with Crippen LogP contribution in [0.2, 0.25) is 0 Å². The van der Waals surface area contributed by atoms with E-state index in [2.05, 4.69) is 5.32 Å². The minimum absolute atomic E-state index is 0.277. The normalized spacial score (nSPS) is 11.8. The Hall–Kier alpha value is -1.15. The molecule has 1 aromatic carbocycles. The third-order valence-corrected chi connectivity index (χ3v) is 4.92. The molecule has 0 saturated carbocycles. The molecule has 0 bridgehead atoms. The van der Waals surface area contributed by atoms with Crippen LogP contribution in [0.4, 0.5) is 5.69 Å². The molecule has 0 fully saturated rings. The van der Waals surface area contributed by atoms with Crippen molar-refractivity contribution in [2.75, 3.05) is 52.4 Å². The predicted molar refractivity (Wildman–Crippen MR) is 83.1 cm³/mol. The molecular weight excluding hydrogens is 292 g/mol. The maximum absolute atomic E-state index is 12.8. The number of benzene rings is 1. The fraction of sp³-hybridized carbons (Fsp3) is 0.571. The molecule has 0 aliphatic carbocycles. The first kappa shape index (κ1) is 17.9. The summed E-state index contributed by atoms with van der Waals surface area (Å²) in [4.78, 5) is 0.277. The Labute approximate surface area is 127 Å². The van der Waals surface area contributed by atoms with E-state index in [0.717, 1.165) is 0 Å². The minimum Gasteiger partial charge on any atom is -0.384 e. The topological polar surface area (TPSA) is 67.9 Å². The molecule has 1 rings (SSSR count). The van der Waals surface area contributed by atoms with Crippen LogP contribution in [-0.4, -0.2) is 59.8 Å². The van der Waals surface area contributed by atoms with Gasteiger partial charge in [0.1, 0.15) is 4.90 Å². The van der Waals surface area contributed by atoms with Crippen LogP contribution in [0, 0.1) is 0 Å². The molecule has 0 radical (unpaired) electrons. The van der Waals surface area contributed by atoms with E-state index in [-0.39, 0.29) is 4.90 Å². The lowest BCUT2D eigenvalue weighted by atomic mass is 10.3. The first-order chi connectivity index (χ1) is 10.1. The number of nitrogens with one attached hydrogen (secondary N) is 1. The zero-order chi connectivity index (χ0) is 15.7. The number of nitrogens with zero attached hydrogens (tertiary/aromatic N) is 1. The van der Waals surface area contributed by atoms with Gasteiger partial charge in [0, 0.05) is 33.9 Å². The van der Waals surface area contributed by atoms with Gasteiger partial charge in [-0.2, -0.15) is 4.31 Å². The first-order valence-corrected chi connectivity index (χ1v) is 8.32. The highest BCUT2D eigenvalue weighted by Crippen LogP contribution is 2.24. The van der Waals surface area contributed by atoms with Crippen LogP contribution < -0.4 is 5.32 Å². The zero-order valence-electron chi connectivity index (χ0n) is 12.8. The fourth-order valence-electron chi connectivity index (χ4n) is 1.91. The lowest BCUT2D eigenvalue weighted by Gasteiger charge is -2.23. The van der Waals surface area contributed by atoms with E-state index in [4.69, 9.17) is 9.47 Å². The average Bonchev–Trinajstić information content (AvgIpc) is 2.48.